The first kappa shape index (κ1) is 20.8. The highest BCUT2D eigenvalue weighted by Crippen LogP contribution is 2.49. The molecule has 1 unspecified atom stereocenters. The summed E-state index contributed by atoms with van der Waals surface area (Å²) in [6.07, 6.45) is 1.30. The Morgan fingerprint density at radius 1 is 1.03 bits per heavy atom. The van der Waals surface area contributed by atoms with Gasteiger partial charge >= 0.3 is 6.18 Å². The fourth-order valence-electron chi connectivity index (χ4n) is 5.12. The number of hydrogen-bond acceptors (Lipinski definition) is 2. The normalized spacial score (nSPS) is 20.0. The molecule has 0 radical (unpaired) electrons. The van der Waals surface area contributed by atoms with Crippen molar-refractivity contribution >= 4 is 17.3 Å². The number of anilines is 2. The lowest BCUT2D eigenvalue weighted by atomic mass is 9.74. The second-order valence-corrected chi connectivity index (χ2v) is 9.03. The average molecular weight is 439 g/mol. The molecule has 1 atom stereocenters. The van der Waals surface area contributed by atoms with E-state index in [1.165, 1.54) is 11.0 Å². The maximum Gasteiger partial charge on any atom is 0.416 e. The molecule has 0 N–H and O–H groups in total. The average Bonchev–Trinajstić information content (AvgIpc) is 3.33. The zero-order valence-electron chi connectivity index (χ0n) is 18.0. The van der Waals surface area contributed by atoms with Crippen molar-refractivity contribution in [3.05, 3.63) is 76.6 Å². The molecule has 1 aromatic heterocycles. The Kier molecular flexibility index (Phi) is 4.69. The number of fused-ring (bicyclic) bond motifs is 2. The van der Waals surface area contributed by atoms with Crippen LogP contribution >= 0.6 is 0 Å². The maximum absolute atomic E-state index is 14.0. The van der Waals surface area contributed by atoms with Gasteiger partial charge in [-0.2, -0.15) is 18.3 Å². The number of rotatable bonds is 3. The zero-order chi connectivity index (χ0) is 22.7. The molecular formula is C25H24F3N3O. The number of hydrogen-bond donors (Lipinski definition) is 0. The van der Waals surface area contributed by atoms with E-state index >= 15 is 0 Å². The predicted molar refractivity (Wildman–Crippen MR) is 116 cm³/mol. The monoisotopic (exact) mass is 439 g/mol. The van der Waals surface area contributed by atoms with Gasteiger partial charge in [-0.25, -0.2) is 0 Å². The molecule has 166 valence electrons. The van der Waals surface area contributed by atoms with Gasteiger partial charge in [0.25, 0.3) is 0 Å². The molecule has 0 saturated heterocycles. The quantitative estimate of drug-likeness (QED) is 0.531. The molecule has 2 heterocycles. The van der Waals surface area contributed by atoms with E-state index in [1.807, 2.05) is 19.9 Å². The summed E-state index contributed by atoms with van der Waals surface area (Å²) in [6, 6.07) is 9.98. The van der Waals surface area contributed by atoms with Crippen molar-refractivity contribution in [1.29, 1.82) is 0 Å². The Morgan fingerprint density at radius 3 is 2.50 bits per heavy atom. The minimum Gasteiger partial charge on any atom is -0.277 e. The molecule has 2 aliphatic rings. The molecule has 5 rings (SSSR count). The minimum absolute atomic E-state index is 0.158. The van der Waals surface area contributed by atoms with Gasteiger partial charge in [0.1, 0.15) is 0 Å². The van der Waals surface area contributed by atoms with Gasteiger partial charge in [-0.05, 0) is 61.4 Å². The zero-order valence-corrected chi connectivity index (χ0v) is 18.0. The number of aryl methyl sites for hydroxylation is 2. The smallest absolute Gasteiger partial charge is 0.277 e. The minimum atomic E-state index is -4.48. The summed E-state index contributed by atoms with van der Waals surface area (Å²) in [5.74, 6) is -0.158. The van der Waals surface area contributed by atoms with Crippen LogP contribution in [0.15, 0.2) is 48.8 Å². The van der Waals surface area contributed by atoms with Gasteiger partial charge in [0.2, 0.25) is 5.91 Å². The van der Waals surface area contributed by atoms with Crippen molar-refractivity contribution in [2.75, 3.05) is 4.90 Å². The molecule has 1 aliphatic heterocycles. The lowest BCUT2D eigenvalue weighted by Gasteiger charge is -2.40. The molecule has 0 fully saturated rings. The number of carbonyl (C=O) groups is 1. The van der Waals surface area contributed by atoms with Crippen LogP contribution in [0.4, 0.5) is 24.5 Å². The van der Waals surface area contributed by atoms with Gasteiger partial charge in [-0.1, -0.05) is 36.8 Å². The van der Waals surface area contributed by atoms with Crippen molar-refractivity contribution in [3.63, 3.8) is 0 Å². The van der Waals surface area contributed by atoms with Crippen LogP contribution in [0, 0.1) is 12.3 Å². The summed E-state index contributed by atoms with van der Waals surface area (Å²) in [6.45, 7) is 4.72. The Hall–Kier alpha value is -3.09. The summed E-state index contributed by atoms with van der Waals surface area (Å²) in [5.41, 5.74) is 3.54. The third kappa shape index (κ3) is 3.31. The first-order valence-electron chi connectivity index (χ1n) is 10.9. The number of alkyl halides is 3. The van der Waals surface area contributed by atoms with Crippen molar-refractivity contribution in [1.82, 2.24) is 9.78 Å². The van der Waals surface area contributed by atoms with Gasteiger partial charge < -0.3 is 0 Å². The number of halogens is 3. The Balaban J connectivity index is 1.64. The molecular weight excluding hydrogens is 415 g/mol. The van der Waals surface area contributed by atoms with Crippen LogP contribution in [0.2, 0.25) is 0 Å². The van der Waals surface area contributed by atoms with Gasteiger partial charge in [0.15, 0.2) is 0 Å². The van der Waals surface area contributed by atoms with Gasteiger partial charge in [-0.3, -0.25) is 14.4 Å². The van der Waals surface area contributed by atoms with Crippen LogP contribution in [-0.4, -0.2) is 15.7 Å². The molecule has 2 aromatic carbocycles. The van der Waals surface area contributed by atoms with Crippen LogP contribution < -0.4 is 4.90 Å². The van der Waals surface area contributed by atoms with E-state index in [0.717, 1.165) is 40.8 Å². The first-order valence-corrected chi connectivity index (χ1v) is 10.9. The van der Waals surface area contributed by atoms with Gasteiger partial charge in [-0.15, -0.1) is 0 Å². The van der Waals surface area contributed by atoms with Crippen LogP contribution in [0.25, 0.3) is 0 Å². The highest BCUT2D eigenvalue weighted by atomic mass is 19.4. The fraction of sp³-hybridized carbons (Fsp3) is 0.360. The Morgan fingerprint density at radius 2 is 1.75 bits per heavy atom. The van der Waals surface area contributed by atoms with Crippen LogP contribution in [0.5, 0.6) is 0 Å². The number of benzene rings is 2. The summed E-state index contributed by atoms with van der Waals surface area (Å²) in [4.78, 5) is 15.5. The largest absolute Gasteiger partial charge is 0.416 e. The third-order valence-corrected chi connectivity index (χ3v) is 6.59. The third-order valence-electron chi connectivity index (χ3n) is 6.59. The van der Waals surface area contributed by atoms with E-state index in [0.29, 0.717) is 37.2 Å². The van der Waals surface area contributed by atoms with Gasteiger partial charge in [0, 0.05) is 12.7 Å². The Bertz CT molecular complexity index is 1210. The van der Waals surface area contributed by atoms with E-state index in [-0.39, 0.29) is 5.91 Å². The van der Waals surface area contributed by atoms with E-state index < -0.39 is 17.2 Å². The first-order chi connectivity index (χ1) is 15.2. The lowest BCUT2D eigenvalue weighted by Crippen LogP contribution is -2.48. The number of aromatic nitrogens is 2. The molecule has 0 saturated carbocycles. The summed E-state index contributed by atoms with van der Waals surface area (Å²) >= 11 is 0. The maximum atomic E-state index is 14.0. The molecule has 4 nitrogen and oxygen atoms in total. The van der Waals surface area contributed by atoms with Crippen molar-refractivity contribution in [2.45, 2.75) is 52.3 Å². The molecule has 32 heavy (non-hydrogen) atoms. The highest BCUT2D eigenvalue weighted by Gasteiger charge is 2.50. The SMILES string of the molecule is CCCn1cc(N2C(=O)C3(Cc4ccc(C)cc4C3)Cc3ccc(C(F)(F)F)cc32)cn1. The van der Waals surface area contributed by atoms with Gasteiger partial charge in [0.05, 0.1) is 28.6 Å². The summed E-state index contributed by atoms with van der Waals surface area (Å²) < 4.78 is 42.2. The topological polar surface area (TPSA) is 38.1 Å². The Labute approximate surface area is 184 Å². The molecule has 1 amide bonds. The number of nitrogens with zero attached hydrogens (tertiary/aromatic N) is 3. The molecule has 1 spiro atoms. The molecule has 7 heteroatoms. The molecule has 1 aliphatic carbocycles. The van der Waals surface area contributed by atoms with E-state index in [9.17, 15) is 18.0 Å². The van der Waals surface area contributed by atoms with E-state index in [1.54, 1.807) is 17.1 Å². The summed E-state index contributed by atoms with van der Waals surface area (Å²) in [7, 11) is 0. The second kappa shape index (κ2) is 7.22. The fourth-order valence-corrected chi connectivity index (χ4v) is 5.12. The number of amides is 1. The van der Waals surface area contributed by atoms with Crippen molar-refractivity contribution in [3.8, 4) is 0 Å². The van der Waals surface area contributed by atoms with Crippen molar-refractivity contribution in [2.24, 2.45) is 5.41 Å². The molecule has 0 bridgehead atoms. The predicted octanol–water partition coefficient (Wildman–Crippen LogP) is 5.63. The van der Waals surface area contributed by atoms with Crippen LogP contribution in [0.3, 0.4) is 0 Å². The standard InChI is InChI=1S/C25H24F3N3O/c1-3-8-30-15-21(14-29-30)31-22-10-20(25(26,27)28)7-6-18(22)12-24(23(31)32)11-17-5-4-16(2)9-19(17)13-24/h4-7,9-10,14-15H,3,8,11-13H2,1-2H3. The van der Waals surface area contributed by atoms with E-state index in [4.69, 9.17) is 0 Å². The van der Waals surface area contributed by atoms with E-state index in [2.05, 4.69) is 17.2 Å². The highest BCUT2D eigenvalue weighted by molar-refractivity contribution is 6.07. The van der Waals surface area contributed by atoms with Crippen molar-refractivity contribution < 1.29 is 18.0 Å². The second-order valence-electron chi connectivity index (χ2n) is 9.03. The number of carbonyl (C=O) groups excluding carboxylic acids is 1. The van der Waals surface area contributed by atoms with Crippen LogP contribution in [0.1, 0.15) is 41.2 Å². The summed E-state index contributed by atoms with van der Waals surface area (Å²) in [5, 5.41) is 4.33. The van der Waals surface area contributed by atoms with Crippen LogP contribution in [-0.2, 0) is 36.8 Å². The lowest BCUT2D eigenvalue weighted by molar-refractivity contribution is -0.137. The molecule has 3 aromatic rings.